The molecular formula is C20H22ClNO5. The summed E-state index contributed by atoms with van der Waals surface area (Å²) in [5.74, 6) is -0.0147. The van der Waals surface area contributed by atoms with Crippen LogP contribution in [-0.4, -0.2) is 23.6 Å². The van der Waals surface area contributed by atoms with Crippen molar-refractivity contribution < 1.29 is 23.8 Å². The van der Waals surface area contributed by atoms with E-state index < -0.39 is 18.0 Å². The van der Waals surface area contributed by atoms with Crippen molar-refractivity contribution in [3.05, 3.63) is 29.8 Å². The third-order valence-electron chi connectivity index (χ3n) is 4.49. The van der Waals surface area contributed by atoms with Crippen LogP contribution in [0.25, 0.3) is 10.8 Å². The van der Waals surface area contributed by atoms with Crippen LogP contribution in [0.5, 0.6) is 17.2 Å². The van der Waals surface area contributed by atoms with Crippen molar-refractivity contribution in [3.8, 4) is 17.2 Å². The Bertz CT molecular complexity index is 909. The molecule has 0 amide bonds. The molecule has 0 saturated heterocycles. The van der Waals surface area contributed by atoms with Crippen LogP contribution in [0.15, 0.2) is 24.3 Å². The summed E-state index contributed by atoms with van der Waals surface area (Å²) in [6.07, 6.45) is 1.35. The first-order chi connectivity index (χ1) is 12.7. The summed E-state index contributed by atoms with van der Waals surface area (Å²) in [7, 11) is 0. The number of nitrogens with one attached hydrogen (secondary N) is 1. The highest BCUT2D eigenvalue weighted by Gasteiger charge is 2.34. The van der Waals surface area contributed by atoms with Gasteiger partial charge >= 0.3 is 11.9 Å². The lowest BCUT2D eigenvalue weighted by molar-refractivity contribution is -0.137. The first kappa shape index (κ1) is 19.5. The topological polar surface area (TPSA) is 73.9 Å². The van der Waals surface area contributed by atoms with Gasteiger partial charge in [0.1, 0.15) is 17.4 Å². The van der Waals surface area contributed by atoms with Crippen LogP contribution < -0.4 is 19.0 Å². The maximum atomic E-state index is 12.4. The number of hydrogen-bond acceptors (Lipinski definition) is 6. The normalized spacial score (nSPS) is 16.2. The minimum atomic E-state index is -0.736. The number of ether oxygens (including phenoxy) is 3. The van der Waals surface area contributed by atoms with Crippen LogP contribution in [0.4, 0.5) is 0 Å². The van der Waals surface area contributed by atoms with Crippen LogP contribution in [0.2, 0.25) is 0 Å². The summed E-state index contributed by atoms with van der Waals surface area (Å²) in [6, 6.07) is 6.68. The van der Waals surface area contributed by atoms with E-state index in [1.165, 1.54) is 6.92 Å². The molecule has 144 valence electrons. The van der Waals surface area contributed by atoms with Gasteiger partial charge < -0.3 is 14.2 Å². The van der Waals surface area contributed by atoms with Gasteiger partial charge in [0.2, 0.25) is 0 Å². The molecule has 0 unspecified atom stereocenters. The molecule has 1 aliphatic heterocycles. The van der Waals surface area contributed by atoms with E-state index in [-0.39, 0.29) is 17.1 Å². The lowest BCUT2D eigenvalue weighted by atomic mass is 9.91. The molecule has 0 aromatic heterocycles. The van der Waals surface area contributed by atoms with Crippen LogP contribution in [-0.2, 0) is 16.0 Å². The van der Waals surface area contributed by atoms with Gasteiger partial charge in [-0.25, -0.2) is 9.63 Å². The maximum Gasteiger partial charge on any atom is 0.329 e. The lowest BCUT2D eigenvalue weighted by Gasteiger charge is -2.34. The Morgan fingerprint density at radius 2 is 1.85 bits per heavy atom. The van der Waals surface area contributed by atoms with E-state index in [0.717, 1.165) is 11.8 Å². The highest BCUT2D eigenvalue weighted by Crippen LogP contribution is 2.50. The van der Waals surface area contributed by atoms with E-state index in [9.17, 15) is 9.59 Å². The van der Waals surface area contributed by atoms with E-state index in [0.29, 0.717) is 23.1 Å². The minimum absolute atomic E-state index is 0.207. The Morgan fingerprint density at radius 3 is 2.48 bits per heavy atom. The Balaban J connectivity index is 2.27. The molecule has 0 saturated carbocycles. The van der Waals surface area contributed by atoms with Gasteiger partial charge in [-0.15, -0.1) is 0 Å². The molecule has 0 radical (unpaired) electrons. The van der Waals surface area contributed by atoms with Gasteiger partial charge in [-0.3, -0.25) is 4.79 Å². The van der Waals surface area contributed by atoms with Crippen molar-refractivity contribution in [2.75, 3.05) is 0 Å². The molecule has 2 aromatic rings. The van der Waals surface area contributed by atoms with Crippen molar-refractivity contribution in [1.82, 2.24) is 4.84 Å². The number of carbonyl (C=O) groups is 2. The Morgan fingerprint density at radius 1 is 1.19 bits per heavy atom. The third-order valence-corrected chi connectivity index (χ3v) is 4.82. The zero-order valence-corrected chi connectivity index (χ0v) is 16.5. The monoisotopic (exact) mass is 391 g/mol. The fourth-order valence-corrected chi connectivity index (χ4v) is 3.18. The molecule has 1 aliphatic rings. The van der Waals surface area contributed by atoms with Gasteiger partial charge in [-0.05, 0) is 45.4 Å². The molecule has 0 aliphatic carbocycles. The molecule has 1 N–H and O–H groups in total. The molecule has 27 heavy (non-hydrogen) atoms. The Kier molecular flexibility index (Phi) is 5.31. The fourth-order valence-electron chi connectivity index (χ4n) is 3.09. The predicted molar refractivity (Wildman–Crippen MR) is 102 cm³/mol. The first-order valence-corrected chi connectivity index (χ1v) is 9.14. The maximum absolute atomic E-state index is 12.4. The minimum Gasteiger partial charge on any atom is -0.487 e. The number of halogens is 1. The first-order valence-electron chi connectivity index (χ1n) is 8.76. The second-order valence-electron chi connectivity index (χ2n) is 7.22. The van der Waals surface area contributed by atoms with Crippen LogP contribution in [0.1, 0.15) is 39.7 Å². The molecule has 0 spiro atoms. The number of fused-ring (bicyclic) bond motifs is 3. The fraction of sp³-hybridized carbons (Fsp3) is 0.400. The number of benzene rings is 2. The van der Waals surface area contributed by atoms with Gasteiger partial charge in [0.15, 0.2) is 11.5 Å². The molecular weight excluding hydrogens is 370 g/mol. The van der Waals surface area contributed by atoms with Crippen molar-refractivity contribution in [2.45, 2.75) is 52.2 Å². The predicted octanol–water partition coefficient (Wildman–Crippen LogP) is 3.91. The van der Waals surface area contributed by atoms with Gasteiger partial charge in [0.25, 0.3) is 0 Å². The van der Waals surface area contributed by atoms with Crippen molar-refractivity contribution >= 4 is 34.5 Å². The summed E-state index contributed by atoms with van der Waals surface area (Å²) < 4.78 is 17.3. The molecule has 0 fully saturated rings. The number of carbonyl (C=O) groups excluding carboxylic acids is 2. The van der Waals surface area contributed by atoms with Crippen molar-refractivity contribution in [3.63, 3.8) is 0 Å². The molecule has 3 rings (SSSR count). The zero-order valence-electron chi connectivity index (χ0n) is 15.7. The van der Waals surface area contributed by atoms with Gasteiger partial charge in [-0.1, -0.05) is 24.3 Å². The second kappa shape index (κ2) is 7.37. The average molecular weight is 392 g/mol. The van der Waals surface area contributed by atoms with Crippen LogP contribution in [0.3, 0.4) is 0 Å². The SMILES string of the molecule is CC(=O)Oc1c(OC(=O)[C@H](C)NCl)c2c(c3ccccc13)OC(C)(C)CC2. The Labute approximate surface area is 162 Å². The summed E-state index contributed by atoms with van der Waals surface area (Å²) in [5, 5.41) is 1.44. The summed E-state index contributed by atoms with van der Waals surface area (Å²) >= 11 is 5.55. The third kappa shape index (κ3) is 3.87. The van der Waals surface area contributed by atoms with E-state index in [4.69, 9.17) is 26.0 Å². The standard InChI is InChI=1S/C20H22ClNO5/c1-11(22-21)19(24)26-18-15-9-10-20(3,4)27-16(15)13-7-5-6-8-14(13)17(18)25-12(2)23/h5-8,11,22H,9-10H2,1-4H3/t11-/m0/s1. The highest BCUT2D eigenvalue weighted by molar-refractivity contribution is 6.14. The van der Waals surface area contributed by atoms with Gasteiger partial charge in [-0.2, -0.15) is 0 Å². The summed E-state index contributed by atoms with van der Waals surface area (Å²) in [5.41, 5.74) is 0.352. The smallest absolute Gasteiger partial charge is 0.329 e. The van der Waals surface area contributed by atoms with Crippen LogP contribution in [0, 0.1) is 0 Å². The zero-order chi connectivity index (χ0) is 19.8. The van der Waals surface area contributed by atoms with E-state index >= 15 is 0 Å². The number of hydrogen-bond donors (Lipinski definition) is 1. The summed E-state index contributed by atoms with van der Waals surface area (Å²) in [6.45, 7) is 6.90. The van der Waals surface area contributed by atoms with Gasteiger partial charge in [0.05, 0.1) is 0 Å². The Hall–Kier alpha value is -2.31. The van der Waals surface area contributed by atoms with Crippen molar-refractivity contribution in [1.29, 1.82) is 0 Å². The largest absolute Gasteiger partial charge is 0.487 e. The number of esters is 2. The molecule has 6 nitrogen and oxygen atoms in total. The second-order valence-corrected chi connectivity index (χ2v) is 7.44. The van der Waals surface area contributed by atoms with Crippen molar-refractivity contribution in [2.24, 2.45) is 0 Å². The molecule has 1 heterocycles. The van der Waals surface area contributed by atoms with E-state index in [1.54, 1.807) is 13.0 Å². The summed E-state index contributed by atoms with van der Waals surface area (Å²) in [4.78, 5) is 26.4. The molecule has 0 bridgehead atoms. The van der Waals surface area contributed by atoms with E-state index in [1.807, 2.05) is 32.0 Å². The lowest BCUT2D eigenvalue weighted by Crippen LogP contribution is -2.34. The highest BCUT2D eigenvalue weighted by atomic mass is 35.5. The molecule has 2 aromatic carbocycles. The van der Waals surface area contributed by atoms with Gasteiger partial charge in [0, 0.05) is 23.3 Å². The molecule has 7 heteroatoms. The average Bonchev–Trinajstić information content (AvgIpc) is 2.62. The van der Waals surface area contributed by atoms with E-state index in [2.05, 4.69) is 4.84 Å². The number of rotatable bonds is 4. The van der Waals surface area contributed by atoms with Crippen LogP contribution >= 0.6 is 11.8 Å². The molecule has 1 atom stereocenters. The quantitative estimate of drug-likeness (QED) is 0.484.